The zero-order valence-electron chi connectivity index (χ0n) is 14.7. The second-order valence-corrected chi connectivity index (χ2v) is 5.97. The molecule has 1 aliphatic heterocycles. The maximum absolute atomic E-state index is 14.2. The van der Waals surface area contributed by atoms with Crippen molar-refractivity contribution >= 4 is 40.9 Å². The molecule has 8 nitrogen and oxygen atoms in total. The maximum atomic E-state index is 14.2. The minimum absolute atomic E-state index is 0.0140. The van der Waals surface area contributed by atoms with Crippen molar-refractivity contribution in [2.24, 2.45) is 0 Å². The van der Waals surface area contributed by atoms with Gasteiger partial charge in [-0.1, -0.05) is 6.07 Å². The summed E-state index contributed by atoms with van der Waals surface area (Å²) in [5, 5.41) is 11.7. The van der Waals surface area contributed by atoms with Gasteiger partial charge in [-0.05, 0) is 36.4 Å². The highest BCUT2D eigenvalue weighted by Gasteiger charge is 2.12. The lowest BCUT2D eigenvalue weighted by molar-refractivity contribution is -0.105. The molecule has 4 N–H and O–H groups in total. The van der Waals surface area contributed by atoms with Crippen LogP contribution >= 0.6 is 0 Å². The number of carbonyl (C=O) groups excluding carboxylic acids is 1. The van der Waals surface area contributed by atoms with E-state index < -0.39 is 5.82 Å². The van der Waals surface area contributed by atoms with Crippen molar-refractivity contribution in [3.63, 3.8) is 0 Å². The molecule has 1 amide bonds. The first-order valence-corrected chi connectivity index (χ1v) is 8.59. The Balaban J connectivity index is 1.54. The van der Waals surface area contributed by atoms with Crippen molar-refractivity contribution in [3.05, 3.63) is 54.5 Å². The summed E-state index contributed by atoms with van der Waals surface area (Å²) >= 11 is 0. The van der Waals surface area contributed by atoms with Crippen LogP contribution in [0.2, 0.25) is 0 Å². The van der Waals surface area contributed by atoms with Gasteiger partial charge in [-0.15, -0.1) is 0 Å². The predicted molar refractivity (Wildman–Crippen MR) is 105 cm³/mol. The van der Waals surface area contributed by atoms with E-state index in [1.807, 2.05) is 18.2 Å². The number of amides is 1. The van der Waals surface area contributed by atoms with Gasteiger partial charge in [0, 0.05) is 23.6 Å². The fraction of sp³-hybridized carbons (Fsp3) is 0.105. The van der Waals surface area contributed by atoms with Crippen LogP contribution in [0.3, 0.4) is 0 Å². The number of fused-ring (bicyclic) bond motifs is 1. The quantitative estimate of drug-likeness (QED) is 0.486. The van der Waals surface area contributed by atoms with Gasteiger partial charge in [0.25, 0.3) is 0 Å². The average molecular weight is 380 g/mol. The highest BCUT2D eigenvalue weighted by atomic mass is 19.1. The Labute approximate surface area is 160 Å². The second-order valence-electron chi connectivity index (χ2n) is 5.97. The molecule has 2 aromatic carbocycles. The zero-order chi connectivity index (χ0) is 19.3. The Morgan fingerprint density at radius 1 is 1.11 bits per heavy atom. The molecule has 0 aliphatic carbocycles. The number of rotatable bonds is 6. The van der Waals surface area contributed by atoms with E-state index in [2.05, 4.69) is 31.2 Å². The number of hydrogen-bond acceptors (Lipinski definition) is 7. The summed E-state index contributed by atoms with van der Waals surface area (Å²) in [6.45, 7) is 1.36. The van der Waals surface area contributed by atoms with Crippen molar-refractivity contribution in [2.75, 3.05) is 34.4 Å². The van der Waals surface area contributed by atoms with Gasteiger partial charge in [-0.25, -0.2) is 9.37 Å². The molecule has 0 radical (unpaired) electrons. The fourth-order valence-corrected chi connectivity index (χ4v) is 2.75. The lowest BCUT2D eigenvalue weighted by atomic mass is 10.2. The number of halogens is 1. The number of aromatic nitrogens is 2. The summed E-state index contributed by atoms with van der Waals surface area (Å²) in [7, 11) is 0. The van der Waals surface area contributed by atoms with Crippen LogP contribution in [0.15, 0.2) is 48.7 Å². The number of carbonyl (C=O) groups is 1. The molecule has 28 heavy (non-hydrogen) atoms. The van der Waals surface area contributed by atoms with Crippen LogP contribution in [0.25, 0.3) is 0 Å². The lowest BCUT2D eigenvalue weighted by Gasteiger charge is -2.19. The largest absolute Gasteiger partial charge is 0.490 e. The monoisotopic (exact) mass is 380 g/mol. The van der Waals surface area contributed by atoms with Gasteiger partial charge in [0.15, 0.2) is 11.6 Å². The Hall–Kier alpha value is -3.88. The molecule has 1 aliphatic rings. The number of hydrogen-bond donors (Lipinski definition) is 4. The average Bonchev–Trinajstić information content (AvgIpc) is 2.71. The summed E-state index contributed by atoms with van der Waals surface area (Å²) in [4.78, 5) is 18.8. The topological polar surface area (TPSA) is 100 Å². The molecule has 0 fully saturated rings. The number of nitrogens with zero attached hydrogens (tertiary/aromatic N) is 2. The first kappa shape index (κ1) is 17.5. The molecule has 4 rings (SSSR count). The Kier molecular flexibility index (Phi) is 4.87. The number of nitrogens with one attached hydrogen (secondary N) is 4. The first-order chi connectivity index (χ1) is 13.7. The van der Waals surface area contributed by atoms with Crippen molar-refractivity contribution in [1.29, 1.82) is 0 Å². The standard InChI is InChI=1S/C19H17FN6O2/c20-15-10-22-19(25-14-4-5-17-16(9-14)21-6-7-28-17)26-18(15)24-13-3-1-2-12(8-13)23-11-27/h1-5,8-11,21H,6-7H2,(H,23,27)(H2,22,24,25,26). The summed E-state index contributed by atoms with van der Waals surface area (Å²) in [5.74, 6) is 0.436. The Bertz CT molecular complexity index is 1010. The molecule has 142 valence electrons. The van der Waals surface area contributed by atoms with E-state index in [0.717, 1.165) is 29.9 Å². The van der Waals surface area contributed by atoms with Gasteiger partial charge in [0.1, 0.15) is 12.4 Å². The molecule has 9 heteroatoms. The van der Waals surface area contributed by atoms with Crippen LogP contribution in [0.5, 0.6) is 5.75 Å². The van der Waals surface area contributed by atoms with E-state index in [1.165, 1.54) is 0 Å². The van der Waals surface area contributed by atoms with Crippen molar-refractivity contribution < 1.29 is 13.9 Å². The Morgan fingerprint density at radius 3 is 2.86 bits per heavy atom. The van der Waals surface area contributed by atoms with Crippen LogP contribution < -0.4 is 26.0 Å². The number of ether oxygens (including phenoxy) is 1. The van der Waals surface area contributed by atoms with Crippen LogP contribution in [-0.2, 0) is 4.79 Å². The van der Waals surface area contributed by atoms with E-state index in [9.17, 15) is 9.18 Å². The van der Waals surface area contributed by atoms with E-state index >= 15 is 0 Å². The van der Waals surface area contributed by atoms with Gasteiger partial charge in [-0.3, -0.25) is 4.79 Å². The third kappa shape index (κ3) is 3.93. The predicted octanol–water partition coefficient (Wildman–Crippen LogP) is 3.48. The van der Waals surface area contributed by atoms with Gasteiger partial charge in [-0.2, -0.15) is 4.98 Å². The molecule has 3 aromatic rings. The second kappa shape index (κ2) is 7.78. The molecular weight excluding hydrogens is 363 g/mol. The fourth-order valence-electron chi connectivity index (χ4n) is 2.75. The van der Waals surface area contributed by atoms with E-state index in [4.69, 9.17) is 4.74 Å². The van der Waals surface area contributed by atoms with Crippen LogP contribution in [0, 0.1) is 5.82 Å². The van der Waals surface area contributed by atoms with Gasteiger partial charge >= 0.3 is 0 Å². The molecular formula is C19H17FN6O2. The Morgan fingerprint density at radius 2 is 1.96 bits per heavy atom. The minimum Gasteiger partial charge on any atom is -0.490 e. The summed E-state index contributed by atoms with van der Waals surface area (Å²) < 4.78 is 19.7. The van der Waals surface area contributed by atoms with Crippen molar-refractivity contribution in [1.82, 2.24) is 9.97 Å². The van der Waals surface area contributed by atoms with E-state index in [1.54, 1.807) is 24.3 Å². The van der Waals surface area contributed by atoms with Gasteiger partial charge in [0.2, 0.25) is 12.4 Å². The molecule has 2 heterocycles. The highest BCUT2D eigenvalue weighted by Crippen LogP contribution is 2.31. The molecule has 0 unspecified atom stereocenters. The molecule has 0 spiro atoms. The molecule has 1 aromatic heterocycles. The maximum Gasteiger partial charge on any atom is 0.229 e. The highest BCUT2D eigenvalue weighted by molar-refractivity contribution is 5.74. The van der Waals surface area contributed by atoms with Gasteiger partial charge in [0.05, 0.1) is 11.9 Å². The smallest absolute Gasteiger partial charge is 0.229 e. The minimum atomic E-state index is -0.597. The number of benzene rings is 2. The van der Waals surface area contributed by atoms with Crippen molar-refractivity contribution in [2.45, 2.75) is 0 Å². The van der Waals surface area contributed by atoms with Crippen LogP contribution in [0.4, 0.5) is 38.9 Å². The SMILES string of the molecule is O=CNc1cccc(Nc2nc(Nc3ccc4c(c3)NCCO4)ncc2F)c1. The first-order valence-electron chi connectivity index (χ1n) is 8.59. The lowest BCUT2D eigenvalue weighted by Crippen LogP contribution is -2.17. The zero-order valence-corrected chi connectivity index (χ0v) is 14.7. The normalized spacial score (nSPS) is 12.2. The molecule has 0 bridgehead atoms. The van der Waals surface area contributed by atoms with Crippen LogP contribution in [-0.4, -0.2) is 29.5 Å². The summed E-state index contributed by atoms with van der Waals surface area (Å²) in [6, 6.07) is 12.4. The summed E-state index contributed by atoms with van der Waals surface area (Å²) in [5.41, 5.74) is 2.77. The third-order valence-corrected chi connectivity index (χ3v) is 4.01. The van der Waals surface area contributed by atoms with Crippen LogP contribution in [0.1, 0.15) is 0 Å². The summed E-state index contributed by atoms with van der Waals surface area (Å²) in [6.07, 6.45) is 1.66. The van der Waals surface area contributed by atoms with E-state index in [-0.39, 0.29) is 11.8 Å². The third-order valence-electron chi connectivity index (χ3n) is 4.01. The van der Waals surface area contributed by atoms with Gasteiger partial charge < -0.3 is 26.0 Å². The molecule has 0 atom stereocenters. The molecule has 0 saturated heterocycles. The number of anilines is 6. The van der Waals surface area contributed by atoms with Crippen molar-refractivity contribution in [3.8, 4) is 5.75 Å². The van der Waals surface area contributed by atoms with E-state index in [0.29, 0.717) is 24.4 Å². The molecule has 0 saturated carbocycles.